The third kappa shape index (κ3) is 3.30. The average molecular weight is 264 g/mol. The molecule has 2 N–H and O–H groups in total. The number of piperidine rings is 1. The second-order valence-electron chi connectivity index (χ2n) is 4.79. The zero-order chi connectivity index (χ0) is 13.8. The van der Waals surface area contributed by atoms with E-state index in [-0.39, 0.29) is 29.6 Å². The number of carbonyl (C=O) groups is 2. The third-order valence-electron chi connectivity index (χ3n) is 3.37. The maximum atomic E-state index is 13.6. The van der Waals surface area contributed by atoms with E-state index in [4.69, 9.17) is 0 Å². The van der Waals surface area contributed by atoms with Crippen LogP contribution in [0, 0.1) is 11.7 Å². The molecule has 2 unspecified atom stereocenters. The minimum Gasteiger partial charge on any atom is -0.355 e. The molecule has 102 valence electrons. The maximum Gasteiger partial charge on any atom is 0.225 e. The molecule has 2 rings (SSSR count). The Balaban J connectivity index is 1.95. The van der Waals surface area contributed by atoms with Crippen molar-refractivity contribution in [2.24, 2.45) is 5.92 Å². The van der Waals surface area contributed by atoms with Gasteiger partial charge in [0.05, 0.1) is 12.0 Å². The molecule has 4 nitrogen and oxygen atoms in total. The van der Waals surface area contributed by atoms with Crippen LogP contribution in [0.3, 0.4) is 0 Å². The topological polar surface area (TPSA) is 58.2 Å². The van der Waals surface area contributed by atoms with Crippen molar-refractivity contribution in [3.63, 3.8) is 0 Å². The van der Waals surface area contributed by atoms with Gasteiger partial charge in [0.2, 0.25) is 11.8 Å². The Hall–Kier alpha value is -1.91. The van der Waals surface area contributed by atoms with Crippen molar-refractivity contribution in [3.05, 3.63) is 35.6 Å². The highest BCUT2D eigenvalue weighted by Gasteiger charge is 2.25. The SMILES string of the molecule is CC(NC(=O)C1CCC(=O)NC1)c1ccccc1F. The van der Waals surface area contributed by atoms with E-state index in [0.29, 0.717) is 24.9 Å². The van der Waals surface area contributed by atoms with Gasteiger partial charge in [-0.15, -0.1) is 0 Å². The molecule has 1 aliphatic rings. The fraction of sp³-hybridized carbons (Fsp3) is 0.429. The summed E-state index contributed by atoms with van der Waals surface area (Å²) in [6.45, 7) is 2.10. The average Bonchev–Trinajstić information content (AvgIpc) is 2.39. The molecule has 2 amide bonds. The van der Waals surface area contributed by atoms with E-state index in [1.54, 1.807) is 25.1 Å². The van der Waals surface area contributed by atoms with E-state index in [1.165, 1.54) is 6.07 Å². The third-order valence-corrected chi connectivity index (χ3v) is 3.37. The Morgan fingerprint density at radius 3 is 2.84 bits per heavy atom. The number of nitrogens with one attached hydrogen (secondary N) is 2. The first-order valence-corrected chi connectivity index (χ1v) is 6.39. The lowest BCUT2D eigenvalue weighted by atomic mass is 9.97. The lowest BCUT2D eigenvalue weighted by molar-refractivity contribution is -0.129. The Kier molecular flexibility index (Phi) is 4.14. The summed E-state index contributed by atoms with van der Waals surface area (Å²) in [4.78, 5) is 23.0. The molecule has 1 fully saturated rings. The quantitative estimate of drug-likeness (QED) is 0.869. The summed E-state index contributed by atoms with van der Waals surface area (Å²) in [5, 5.41) is 5.45. The summed E-state index contributed by atoms with van der Waals surface area (Å²) in [7, 11) is 0. The molecule has 1 saturated heterocycles. The summed E-state index contributed by atoms with van der Waals surface area (Å²) in [5.74, 6) is -0.721. The number of benzene rings is 1. The predicted molar refractivity (Wildman–Crippen MR) is 68.7 cm³/mol. The fourth-order valence-electron chi connectivity index (χ4n) is 2.19. The van der Waals surface area contributed by atoms with Crippen molar-refractivity contribution >= 4 is 11.8 Å². The highest BCUT2D eigenvalue weighted by atomic mass is 19.1. The number of rotatable bonds is 3. The van der Waals surface area contributed by atoms with Crippen molar-refractivity contribution in [3.8, 4) is 0 Å². The molecule has 0 spiro atoms. The van der Waals surface area contributed by atoms with E-state index in [1.807, 2.05) is 0 Å². The smallest absolute Gasteiger partial charge is 0.225 e. The number of amides is 2. The molecule has 0 aromatic heterocycles. The van der Waals surface area contributed by atoms with Crippen LogP contribution in [-0.4, -0.2) is 18.4 Å². The summed E-state index contributed by atoms with van der Waals surface area (Å²) in [6.07, 6.45) is 0.911. The van der Waals surface area contributed by atoms with Gasteiger partial charge < -0.3 is 10.6 Å². The van der Waals surface area contributed by atoms with Crippen LogP contribution in [-0.2, 0) is 9.59 Å². The second-order valence-corrected chi connectivity index (χ2v) is 4.79. The minimum atomic E-state index is -0.383. The van der Waals surface area contributed by atoms with Crippen LogP contribution in [0.25, 0.3) is 0 Å². The van der Waals surface area contributed by atoms with Gasteiger partial charge in [-0.1, -0.05) is 18.2 Å². The molecule has 1 aromatic carbocycles. The van der Waals surface area contributed by atoms with Crippen LogP contribution in [0.4, 0.5) is 4.39 Å². The summed E-state index contributed by atoms with van der Waals surface area (Å²) in [5.41, 5.74) is 0.468. The van der Waals surface area contributed by atoms with E-state index in [9.17, 15) is 14.0 Å². The lowest BCUT2D eigenvalue weighted by Crippen LogP contribution is -2.43. The van der Waals surface area contributed by atoms with Gasteiger partial charge in [0.15, 0.2) is 0 Å². The number of hydrogen-bond acceptors (Lipinski definition) is 2. The number of carbonyl (C=O) groups excluding carboxylic acids is 2. The minimum absolute atomic E-state index is 0.0220. The van der Waals surface area contributed by atoms with Crippen molar-refractivity contribution in [2.75, 3.05) is 6.54 Å². The van der Waals surface area contributed by atoms with Crippen LogP contribution in [0.1, 0.15) is 31.4 Å². The van der Waals surface area contributed by atoms with Crippen molar-refractivity contribution in [1.82, 2.24) is 10.6 Å². The first-order valence-electron chi connectivity index (χ1n) is 6.39. The zero-order valence-corrected chi connectivity index (χ0v) is 10.8. The van der Waals surface area contributed by atoms with Gasteiger partial charge in [-0.05, 0) is 19.4 Å². The molecule has 2 atom stereocenters. The molecule has 5 heteroatoms. The van der Waals surface area contributed by atoms with Crippen LogP contribution in [0.5, 0.6) is 0 Å². The van der Waals surface area contributed by atoms with Crippen LogP contribution < -0.4 is 10.6 Å². The second kappa shape index (κ2) is 5.82. The lowest BCUT2D eigenvalue weighted by Gasteiger charge is -2.24. The van der Waals surface area contributed by atoms with E-state index >= 15 is 0 Å². The maximum absolute atomic E-state index is 13.6. The Morgan fingerprint density at radius 1 is 1.47 bits per heavy atom. The summed E-state index contributed by atoms with van der Waals surface area (Å²) >= 11 is 0. The molecular weight excluding hydrogens is 247 g/mol. The normalized spacial score (nSPS) is 20.5. The van der Waals surface area contributed by atoms with Gasteiger partial charge in [0.1, 0.15) is 5.82 Å². The Bertz CT molecular complexity index is 480. The summed E-state index contributed by atoms with van der Waals surface area (Å²) < 4.78 is 13.6. The molecule has 19 heavy (non-hydrogen) atoms. The molecule has 0 aliphatic carbocycles. The molecule has 0 saturated carbocycles. The molecule has 1 aromatic rings. The van der Waals surface area contributed by atoms with Gasteiger partial charge >= 0.3 is 0 Å². The first-order chi connectivity index (χ1) is 9.08. The van der Waals surface area contributed by atoms with Gasteiger partial charge in [-0.2, -0.15) is 0 Å². The van der Waals surface area contributed by atoms with Crippen molar-refractivity contribution in [2.45, 2.75) is 25.8 Å². The monoisotopic (exact) mass is 264 g/mol. The molecule has 1 heterocycles. The largest absolute Gasteiger partial charge is 0.355 e. The van der Waals surface area contributed by atoms with Crippen LogP contribution >= 0.6 is 0 Å². The Morgan fingerprint density at radius 2 is 2.21 bits per heavy atom. The van der Waals surface area contributed by atoms with Gasteiger partial charge in [0, 0.05) is 18.5 Å². The number of halogens is 1. The van der Waals surface area contributed by atoms with Crippen LogP contribution in [0.15, 0.2) is 24.3 Å². The van der Waals surface area contributed by atoms with Gasteiger partial charge in [-0.25, -0.2) is 4.39 Å². The van der Waals surface area contributed by atoms with Crippen molar-refractivity contribution < 1.29 is 14.0 Å². The summed E-state index contributed by atoms with van der Waals surface area (Å²) in [6, 6.07) is 6.00. The van der Waals surface area contributed by atoms with E-state index < -0.39 is 0 Å². The predicted octanol–water partition coefficient (Wildman–Crippen LogP) is 1.53. The van der Waals surface area contributed by atoms with Crippen molar-refractivity contribution in [1.29, 1.82) is 0 Å². The van der Waals surface area contributed by atoms with Gasteiger partial charge in [-0.3, -0.25) is 9.59 Å². The molecule has 0 radical (unpaired) electrons. The molecule has 1 aliphatic heterocycles. The van der Waals surface area contributed by atoms with E-state index in [2.05, 4.69) is 10.6 Å². The van der Waals surface area contributed by atoms with E-state index in [0.717, 1.165) is 0 Å². The molecular formula is C14H17FN2O2. The molecule has 0 bridgehead atoms. The number of hydrogen-bond donors (Lipinski definition) is 2. The highest BCUT2D eigenvalue weighted by molar-refractivity contribution is 5.83. The van der Waals surface area contributed by atoms with Gasteiger partial charge in [0.25, 0.3) is 0 Å². The standard InChI is InChI=1S/C14H17FN2O2/c1-9(11-4-2-3-5-12(11)15)17-14(19)10-6-7-13(18)16-8-10/h2-5,9-10H,6-8H2,1H3,(H,16,18)(H,17,19). The fourth-order valence-corrected chi connectivity index (χ4v) is 2.19. The highest BCUT2D eigenvalue weighted by Crippen LogP contribution is 2.18. The first kappa shape index (κ1) is 13.5. The Labute approximate surface area is 111 Å². The zero-order valence-electron chi connectivity index (χ0n) is 10.8. The van der Waals surface area contributed by atoms with Crippen LogP contribution in [0.2, 0.25) is 0 Å².